The third kappa shape index (κ3) is 2.48. The van der Waals surface area contributed by atoms with E-state index >= 15 is 0 Å². The van der Waals surface area contributed by atoms with Crippen LogP contribution in [0.15, 0.2) is 24.3 Å². The summed E-state index contributed by atoms with van der Waals surface area (Å²) in [4.78, 5) is 18.5. The maximum absolute atomic E-state index is 13.1. The van der Waals surface area contributed by atoms with Gasteiger partial charge in [0.2, 0.25) is 5.91 Å². The second-order valence-corrected chi connectivity index (χ2v) is 9.54. The van der Waals surface area contributed by atoms with Gasteiger partial charge in [0.1, 0.15) is 0 Å². The highest BCUT2D eigenvalue weighted by Gasteiger charge is 2.60. The van der Waals surface area contributed by atoms with Gasteiger partial charge in [0.15, 0.2) is 5.69 Å². The topological polar surface area (TPSA) is 44.9 Å². The lowest BCUT2D eigenvalue weighted by atomic mass is 9.41. The zero-order valence-corrected chi connectivity index (χ0v) is 16.0. The Labute approximate surface area is 161 Å². The zero-order valence-electron chi connectivity index (χ0n) is 16.0. The Hall–Kier alpha value is -1.86. The van der Waals surface area contributed by atoms with Gasteiger partial charge in [0.25, 0.3) is 0 Å². The van der Waals surface area contributed by atoms with Gasteiger partial charge in [-0.15, -0.1) is 0 Å². The molecule has 1 N–H and O–H groups in total. The van der Waals surface area contributed by atoms with Crippen molar-refractivity contribution in [2.75, 3.05) is 13.1 Å². The van der Waals surface area contributed by atoms with Gasteiger partial charge in [-0.2, -0.15) is 0 Å². The highest BCUT2D eigenvalue weighted by Crippen LogP contribution is 2.65. The first-order valence-electron chi connectivity index (χ1n) is 10.4. The lowest BCUT2D eigenvalue weighted by Gasteiger charge is -2.64. The zero-order chi connectivity index (χ0) is 18.8. The van der Waals surface area contributed by atoms with Gasteiger partial charge >= 0.3 is 0 Å². The SMILES string of the molecule is [C-]#[N+]c1ccc(C2(CC(=O)N3CC(O)C3)C3CC4CC2CC(C3)C4C)cc1. The average molecular weight is 364 g/mol. The van der Waals surface area contributed by atoms with Crippen LogP contribution in [0.4, 0.5) is 5.69 Å². The van der Waals surface area contributed by atoms with E-state index in [0.717, 1.165) is 17.8 Å². The molecule has 4 saturated carbocycles. The quantitative estimate of drug-likeness (QED) is 0.830. The Kier molecular flexibility index (Phi) is 3.88. The second-order valence-electron chi connectivity index (χ2n) is 9.54. The monoisotopic (exact) mass is 364 g/mol. The van der Waals surface area contributed by atoms with Gasteiger partial charge in [-0.1, -0.05) is 31.2 Å². The number of rotatable bonds is 3. The third-order valence-electron chi connectivity index (χ3n) is 8.49. The fourth-order valence-electron chi connectivity index (χ4n) is 6.99. The maximum Gasteiger partial charge on any atom is 0.223 e. The fraction of sp³-hybridized carbons (Fsp3) is 0.652. The summed E-state index contributed by atoms with van der Waals surface area (Å²) in [7, 11) is 0. The Morgan fingerprint density at radius 3 is 2.19 bits per heavy atom. The summed E-state index contributed by atoms with van der Waals surface area (Å²) in [6, 6.07) is 8.10. The first kappa shape index (κ1) is 17.3. The van der Waals surface area contributed by atoms with E-state index in [1.807, 2.05) is 17.0 Å². The van der Waals surface area contributed by atoms with Gasteiger partial charge in [0, 0.05) is 24.9 Å². The van der Waals surface area contributed by atoms with Crippen molar-refractivity contribution >= 4 is 11.6 Å². The molecule has 142 valence electrons. The first-order valence-corrected chi connectivity index (χ1v) is 10.4. The average Bonchev–Trinajstić information content (AvgIpc) is 2.64. The van der Waals surface area contributed by atoms with Gasteiger partial charge in [-0.25, -0.2) is 4.85 Å². The molecule has 4 heteroatoms. The number of nitrogens with zero attached hydrogens (tertiary/aromatic N) is 2. The van der Waals surface area contributed by atoms with Crippen molar-refractivity contribution in [3.05, 3.63) is 41.2 Å². The largest absolute Gasteiger partial charge is 0.389 e. The lowest BCUT2D eigenvalue weighted by molar-refractivity contribution is -0.151. The molecule has 1 saturated heterocycles. The molecule has 1 amide bonds. The summed E-state index contributed by atoms with van der Waals surface area (Å²) in [6.45, 7) is 10.7. The van der Waals surface area contributed by atoms with Crippen molar-refractivity contribution in [3.63, 3.8) is 0 Å². The van der Waals surface area contributed by atoms with Crippen LogP contribution in [-0.4, -0.2) is 35.1 Å². The molecule has 4 nitrogen and oxygen atoms in total. The highest BCUT2D eigenvalue weighted by molar-refractivity contribution is 5.79. The van der Waals surface area contributed by atoms with E-state index in [0.29, 0.717) is 37.0 Å². The molecular weight excluding hydrogens is 336 g/mol. The standard InChI is InChI=1S/C23H28N2O2/c1-14-15-7-18-9-16(14)10-19(8-15)23(18,11-22(27)25-12-21(26)13-25)17-3-5-20(24-2)6-4-17/h3-6,14-16,18-19,21,26H,7-13H2,1H3. The number of hydrogen-bond acceptors (Lipinski definition) is 2. The van der Waals surface area contributed by atoms with E-state index in [2.05, 4.69) is 23.9 Å². The third-order valence-corrected chi connectivity index (χ3v) is 8.49. The number of amides is 1. The van der Waals surface area contributed by atoms with Crippen LogP contribution >= 0.6 is 0 Å². The number of carbonyl (C=O) groups is 1. The number of aliphatic hydroxyl groups excluding tert-OH is 1. The van der Waals surface area contributed by atoms with E-state index in [1.165, 1.54) is 31.2 Å². The summed E-state index contributed by atoms with van der Waals surface area (Å²) in [5.74, 6) is 3.83. The van der Waals surface area contributed by atoms with Crippen LogP contribution in [0, 0.1) is 36.2 Å². The number of aliphatic hydroxyl groups is 1. The van der Waals surface area contributed by atoms with Crippen LogP contribution in [0.3, 0.4) is 0 Å². The van der Waals surface area contributed by atoms with Crippen LogP contribution in [0.5, 0.6) is 0 Å². The van der Waals surface area contributed by atoms with Crippen molar-refractivity contribution in [2.45, 2.75) is 50.5 Å². The van der Waals surface area contributed by atoms with Gasteiger partial charge < -0.3 is 10.0 Å². The van der Waals surface area contributed by atoms with Crippen molar-refractivity contribution in [3.8, 4) is 0 Å². The number of hydrogen-bond donors (Lipinski definition) is 1. The molecule has 0 atom stereocenters. The van der Waals surface area contributed by atoms with Crippen molar-refractivity contribution in [1.29, 1.82) is 0 Å². The molecule has 4 bridgehead atoms. The number of likely N-dealkylation sites (tertiary alicyclic amines) is 1. The molecule has 0 aromatic heterocycles. The predicted molar refractivity (Wildman–Crippen MR) is 103 cm³/mol. The molecule has 5 fully saturated rings. The summed E-state index contributed by atoms with van der Waals surface area (Å²) in [5.41, 5.74) is 1.86. The molecule has 0 spiro atoms. The molecule has 1 aromatic rings. The van der Waals surface area contributed by atoms with Gasteiger partial charge in [-0.3, -0.25) is 4.79 Å². The Morgan fingerprint density at radius 1 is 1.15 bits per heavy atom. The molecule has 4 aliphatic carbocycles. The number of benzene rings is 1. The van der Waals surface area contributed by atoms with Crippen LogP contribution in [-0.2, 0) is 10.2 Å². The number of β-amino-alcohol motifs (C(OH)–C–C–N with tert-alkyl or cyclic N) is 1. The van der Waals surface area contributed by atoms with Crippen LogP contribution < -0.4 is 0 Å². The molecule has 5 aliphatic rings. The second kappa shape index (κ2) is 6.07. The summed E-state index contributed by atoms with van der Waals surface area (Å²) in [6.07, 6.45) is 5.20. The summed E-state index contributed by atoms with van der Waals surface area (Å²) in [5, 5.41) is 9.62. The molecule has 0 radical (unpaired) electrons. The van der Waals surface area contributed by atoms with E-state index in [9.17, 15) is 9.90 Å². The van der Waals surface area contributed by atoms with E-state index < -0.39 is 0 Å². The van der Waals surface area contributed by atoms with E-state index in [4.69, 9.17) is 6.57 Å². The lowest BCUT2D eigenvalue weighted by Crippen LogP contribution is -2.61. The Morgan fingerprint density at radius 2 is 1.70 bits per heavy atom. The minimum Gasteiger partial charge on any atom is -0.389 e. The van der Waals surface area contributed by atoms with Crippen LogP contribution in [0.25, 0.3) is 4.85 Å². The fourth-order valence-corrected chi connectivity index (χ4v) is 6.99. The minimum atomic E-state index is -0.345. The molecular formula is C23H28N2O2. The highest BCUT2D eigenvalue weighted by atomic mass is 16.3. The molecule has 0 unspecified atom stereocenters. The maximum atomic E-state index is 13.1. The number of carbonyl (C=O) groups excluding carboxylic acids is 1. The smallest absolute Gasteiger partial charge is 0.223 e. The Bertz CT molecular complexity index is 758. The predicted octanol–water partition coefficient (Wildman–Crippen LogP) is 3.77. The van der Waals surface area contributed by atoms with Gasteiger partial charge in [-0.05, 0) is 60.8 Å². The molecule has 1 aliphatic heterocycles. The van der Waals surface area contributed by atoms with E-state index in [-0.39, 0.29) is 17.4 Å². The van der Waals surface area contributed by atoms with E-state index in [1.54, 1.807) is 0 Å². The first-order chi connectivity index (χ1) is 13.0. The van der Waals surface area contributed by atoms with Crippen molar-refractivity contribution in [2.24, 2.45) is 29.6 Å². The molecule has 6 rings (SSSR count). The molecule has 27 heavy (non-hydrogen) atoms. The molecule has 1 aromatic carbocycles. The Balaban J connectivity index is 1.52. The minimum absolute atomic E-state index is 0.0781. The summed E-state index contributed by atoms with van der Waals surface area (Å²) < 4.78 is 0. The van der Waals surface area contributed by atoms with Crippen LogP contribution in [0.1, 0.15) is 44.6 Å². The van der Waals surface area contributed by atoms with Crippen LogP contribution in [0.2, 0.25) is 0 Å². The van der Waals surface area contributed by atoms with Gasteiger partial charge in [0.05, 0.1) is 12.7 Å². The van der Waals surface area contributed by atoms with Crippen molar-refractivity contribution in [1.82, 2.24) is 4.90 Å². The molecule has 1 heterocycles. The van der Waals surface area contributed by atoms with Crippen molar-refractivity contribution < 1.29 is 9.90 Å². The normalized spacial score (nSPS) is 39.9. The summed E-state index contributed by atoms with van der Waals surface area (Å²) >= 11 is 0.